The predicted molar refractivity (Wildman–Crippen MR) is 83.7 cm³/mol. The normalized spacial score (nSPS) is 10.8. The molecule has 0 bridgehead atoms. The van der Waals surface area contributed by atoms with E-state index in [9.17, 15) is 4.79 Å². The minimum absolute atomic E-state index is 0.328. The molecular formula is C15H12N2O4S. The van der Waals surface area contributed by atoms with Crippen LogP contribution in [0.4, 0.5) is 0 Å². The summed E-state index contributed by atoms with van der Waals surface area (Å²) < 4.78 is 5.57. The van der Waals surface area contributed by atoms with E-state index in [-0.39, 0.29) is 5.56 Å². The van der Waals surface area contributed by atoms with Gasteiger partial charge in [0.15, 0.2) is 5.82 Å². The number of nitrogens with zero attached hydrogens (tertiary/aromatic N) is 2. The van der Waals surface area contributed by atoms with Gasteiger partial charge in [-0.25, -0.2) is 9.97 Å². The van der Waals surface area contributed by atoms with Gasteiger partial charge in [-0.3, -0.25) is 4.79 Å². The number of hydrogen-bond donors (Lipinski definition) is 0. The molecule has 0 radical (unpaired) electrons. The molecule has 112 valence electrons. The first-order valence-corrected chi connectivity index (χ1v) is 7.58. The number of aromatic nitrogens is 2. The first-order chi connectivity index (χ1) is 10.8. The molecule has 0 saturated carbocycles. The van der Waals surface area contributed by atoms with E-state index in [1.54, 1.807) is 24.5 Å². The van der Waals surface area contributed by atoms with E-state index in [0.717, 1.165) is 22.3 Å². The van der Waals surface area contributed by atoms with Gasteiger partial charge in [0, 0.05) is 28.9 Å². The predicted octanol–water partition coefficient (Wildman–Crippen LogP) is 2.63. The Labute approximate surface area is 130 Å². The smallest absolute Gasteiger partial charge is 0.265 e. The summed E-state index contributed by atoms with van der Waals surface area (Å²) in [7, 11) is 0. The van der Waals surface area contributed by atoms with E-state index < -0.39 is 0 Å². The third-order valence-corrected chi connectivity index (χ3v) is 3.16. The van der Waals surface area contributed by atoms with Gasteiger partial charge in [0.25, 0.3) is 5.56 Å². The summed E-state index contributed by atoms with van der Waals surface area (Å²) in [6.07, 6.45) is 1.66. The van der Waals surface area contributed by atoms with Gasteiger partial charge in [0.05, 0.1) is 10.9 Å². The van der Waals surface area contributed by atoms with E-state index in [4.69, 9.17) is 4.99 Å². The fraction of sp³-hybridized carbons (Fsp3) is 0.0667. The first kappa shape index (κ1) is 14.6. The topological polar surface area (TPSA) is 62.6 Å². The third kappa shape index (κ3) is 2.82. The lowest BCUT2D eigenvalue weighted by Gasteiger charge is -2.11. The highest BCUT2D eigenvalue weighted by molar-refractivity contribution is 7.93. The van der Waals surface area contributed by atoms with Crippen LogP contribution in [0.1, 0.15) is 0 Å². The fourth-order valence-electron chi connectivity index (χ4n) is 2.03. The molecule has 0 aliphatic heterocycles. The number of rotatable bonds is 5. The first-order valence-electron chi connectivity index (χ1n) is 6.43. The largest absolute Gasteiger partial charge is 0.298 e. The Hall–Kier alpha value is -2.35. The molecule has 1 heterocycles. The average molecular weight is 316 g/mol. The van der Waals surface area contributed by atoms with Gasteiger partial charge < -0.3 is 0 Å². The summed E-state index contributed by atoms with van der Waals surface area (Å²) in [5.74, 6) is 0.328. The second kappa shape index (κ2) is 6.61. The Morgan fingerprint density at radius 1 is 1.05 bits per heavy atom. The van der Waals surface area contributed by atoms with Crippen molar-refractivity contribution in [1.82, 2.24) is 9.71 Å². The lowest BCUT2D eigenvalue weighted by Crippen LogP contribution is -2.29. The zero-order valence-corrected chi connectivity index (χ0v) is 12.4. The van der Waals surface area contributed by atoms with Gasteiger partial charge in [-0.05, 0) is 12.1 Å². The highest BCUT2D eigenvalue weighted by atomic mass is 32.2. The van der Waals surface area contributed by atoms with Crippen molar-refractivity contribution in [2.75, 3.05) is 6.26 Å². The number of fused-ring (bicyclic) bond motifs is 1. The SMILES string of the molecule is CSOOOn1c(-c2ccccc2)nc2ccccc2c1=O. The minimum atomic E-state index is -0.380. The Bertz CT molecular complexity index is 836. The maximum Gasteiger partial charge on any atom is 0.298 e. The van der Waals surface area contributed by atoms with Crippen molar-refractivity contribution in [3.8, 4) is 11.4 Å². The number of para-hydroxylation sites is 1. The molecule has 1 aromatic heterocycles. The molecule has 0 aliphatic carbocycles. The van der Waals surface area contributed by atoms with Gasteiger partial charge in [-0.2, -0.15) is 0 Å². The van der Waals surface area contributed by atoms with Crippen LogP contribution in [0.15, 0.2) is 59.4 Å². The molecule has 0 atom stereocenters. The van der Waals surface area contributed by atoms with Crippen molar-refractivity contribution < 1.29 is 14.4 Å². The van der Waals surface area contributed by atoms with Crippen molar-refractivity contribution in [3.63, 3.8) is 0 Å². The van der Waals surface area contributed by atoms with Crippen molar-refractivity contribution >= 4 is 22.9 Å². The molecule has 0 spiro atoms. The fourth-order valence-corrected chi connectivity index (χ4v) is 2.11. The van der Waals surface area contributed by atoms with Crippen LogP contribution in [0.3, 0.4) is 0 Å². The van der Waals surface area contributed by atoms with E-state index in [1.165, 1.54) is 0 Å². The van der Waals surface area contributed by atoms with Crippen LogP contribution < -0.4 is 10.5 Å². The van der Waals surface area contributed by atoms with E-state index in [2.05, 4.69) is 14.4 Å². The Balaban J connectivity index is 2.19. The van der Waals surface area contributed by atoms with Crippen LogP contribution >= 0.6 is 12.0 Å². The number of benzene rings is 2. The summed E-state index contributed by atoms with van der Waals surface area (Å²) in [5, 5.41) is 4.97. The van der Waals surface area contributed by atoms with Gasteiger partial charge >= 0.3 is 0 Å². The Morgan fingerprint density at radius 3 is 2.55 bits per heavy atom. The summed E-state index contributed by atoms with van der Waals surface area (Å²) in [6, 6.07) is 16.3. The quantitative estimate of drug-likeness (QED) is 0.312. The molecule has 2 aromatic carbocycles. The van der Waals surface area contributed by atoms with Crippen LogP contribution in [0.5, 0.6) is 0 Å². The Kier molecular flexibility index (Phi) is 4.38. The van der Waals surface area contributed by atoms with Gasteiger partial charge in [0.1, 0.15) is 0 Å². The molecule has 22 heavy (non-hydrogen) atoms. The second-order valence-corrected chi connectivity index (χ2v) is 4.76. The summed E-state index contributed by atoms with van der Waals surface area (Å²) in [5.41, 5.74) is 0.921. The highest BCUT2D eigenvalue weighted by Crippen LogP contribution is 2.17. The second-order valence-electron chi connectivity index (χ2n) is 4.30. The molecule has 0 unspecified atom stereocenters. The van der Waals surface area contributed by atoms with Gasteiger partial charge in [-0.15, -0.1) is 4.33 Å². The molecule has 0 fully saturated rings. The molecule has 0 saturated heterocycles. The summed E-state index contributed by atoms with van der Waals surface area (Å²) in [6.45, 7) is 0. The van der Waals surface area contributed by atoms with E-state index in [0.29, 0.717) is 16.7 Å². The zero-order valence-electron chi connectivity index (χ0n) is 11.6. The summed E-state index contributed by atoms with van der Waals surface area (Å²) in [4.78, 5) is 22.0. The lowest BCUT2D eigenvalue weighted by atomic mass is 10.2. The third-order valence-electron chi connectivity index (χ3n) is 2.97. The minimum Gasteiger partial charge on any atom is -0.265 e. The van der Waals surface area contributed by atoms with Crippen LogP contribution in [0, 0.1) is 0 Å². The molecule has 3 rings (SSSR count). The van der Waals surface area contributed by atoms with Crippen LogP contribution in [0.2, 0.25) is 0 Å². The zero-order chi connectivity index (χ0) is 15.4. The van der Waals surface area contributed by atoms with Crippen LogP contribution in [0.25, 0.3) is 22.3 Å². The maximum absolute atomic E-state index is 12.6. The Morgan fingerprint density at radius 2 is 1.77 bits per heavy atom. The lowest BCUT2D eigenvalue weighted by molar-refractivity contribution is -0.456. The monoisotopic (exact) mass is 316 g/mol. The standard InChI is InChI=1S/C15H12N2O4S/c1-22-21-20-19-17-14(11-7-3-2-4-8-11)16-13-10-6-5-9-12(13)15(17)18/h2-10H,1H3. The molecular weight excluding hydrogens is 304 g/mol. The molecule has 3 aromatic rings. The van der Waals surface area contributed by atoms with Crippen molar-refractivity contribution in [2.24, 2.45) is 0 Å². The molecule has 0 amide bonds. The molecule has 6 nitrogen and oxygen atoms in total. The molecule has 0 aliphatic rings. The van der Waals surface area contributed by atoms with E-state index in [1.807, 2.05) is 36.4 Å². The van der Waals surface area contributed by atoms with Crippen molar-refractivity contribution in [3.05, 3.63) is 65.0 Å². The van der Waals surface area contributed by atoms with Crippen molar-refractivity contribution in [1.29, 1.82) is 0 Å². The average Bonchev–Trinajstić information content (AvgIpc) is 2.57. The molecule has 7 heteroatoms. The number of hydrogen-bond acceptors (Lipinski definition) is 6. The van der Waals surface area contributed by atoms with E-state index >= 15 is 0 Å². The summed E-state index contributed by atoms with van der Waals surface area (Å²) >= 11 is 0.949. The van der Waals surface area contributed by atoms with Crippen LogP contribution in [-0.2, 0) is 9.37 Å². The van der Waals surface area contributed by atoms with Crippen LogP contribution in [-0.4, -0.2) is 16.0 Å². The van der Waals surface area contributed by atoms with Gasteiger partial charge in [0.2, 0.25) is 0 Å². The molecule has 0 N–H and O–H groups in total. The van der Waals surface area contributed by atoms with Gasteiger partial charge in [-0.1, -0.05) is 47.2 Å². The highest BCUT2D eigenvalue weighted by Gasteiger charge is 2.14. The van der Waals surface area contributed by atoms with Crippen molar-refractivity contribution in [2.45, 2.75) is 0 Å². The maximum atomic E-state index is 12.6.